The van der Waals surface area contributed by atoms with Gasteiger partial charge in [0.05, 0.1) is 4.90 Å². The van der Waals surface area contributed by atoms with E-state index in [4.69, 9.17) is 0 Å². The molecule has 25 heavy (non-hydrogen) atoms. The van der Waals surface area contributed by atoms with Gasteiger partial charge in [-0.1, -0.05) is 6.07 Å². The second-order valence-electron chi connectivity index (χ2n) is 5.88. The molecule has 1 aliphatic rings. The Balaban J connectivity index is 1.63. The van der Waals surface area contributed by atoms with Gasteiger partial charge in [-0.3, -0.25) is 4.90 Å². The third-order valence-corrected chi connectivity index (χ3v) is 6.09. The molecule has 0 unspecified atom stereocenters. The van der Waals surface area contributed by atoms with Crippen LogP contribution in [0.2, 0.25) is 0 Å². The van der Waals surface area contributed by atoms with Crippen molar-refractivity contribution in [1.29, 1.82) is 0 Å². The first-order chi connectivity index (χ1) is 11.9. The van der Waals surface area contributed by atoms with Crippen molar-refractivity contribution >= 4 is 10.0 Å². The molecule has 2 aromatic rings. The van der Waals surface area contributed by atoms with Gasteiger partial charge in [0.15, 0.2) is 11.6 Å². The molecular formula is C17H17F3N2O2S. The fraction of sp³-hybridized carbons (Fsp3) is 0.294. The Labute approximate surface area is 144 Å². The van der Waals surface area contributed by atoms with Crippen LogP contribution < -0.4 is 0 Å². The third-order valence-electron chi connectivity index (χ3n) is 4.17. The van der Waals surface area contributed by atoms with Crippen LogP contribution in [-0.4, -0.2) is 43.8 Å². The minimum Gasteiger partial charge on any atom is -0.296 e. The minimum atomic E-state index is -3.66. The lowest BCUT2D eigenvalue weighted by atomic mass is 10.2. The molecule has 0 atom stereocenters. The van der Waals surface area contributed by atoms with E-state index in [-0.39, 0.29) is 18.0 Å². The summed E-state index contributed by atoms with van der Waals surface area (Å²) < 4.78 is 65.6. The van der Waals surface area contributed by atoms with Crippen LogP contribution in [0.5, 0.6) is 0 Å². The highest BCUT2D eigenvalue weighted by molar-refractivity contribution is 7.89. The lowest BCUT2D eigenvalue weighted by molar-refractivity contribution is 0.181. The molecule has 8 heteroatoms. The van der Waals surface area contributed by atoms with Crippen molar-refractivity contribution in [2.75, 3.05) is 26.2 Å². The second-order valence-corrected chi connectivity index (χ2v) is 7.82. The van der Waals surface area contributed by atoms with Crippen molar-refractivity contribution < 1.29 is 21.6 Å². The summed E-state index contributed by atoms with van der Waals surface area (Å²) in [5.74, 6) is -2.27. The predicted molar refractivity (Wildman–Crippen MR) is 86.8 cm³/mol. The number of piperazine rings is 1. The topological polar surface area (TPSA) is 40.6 Å². The third kappa shape index (κ3) is 4.02. The van der Waals surface area contributed by atoms with Crippen LogP contribution in [0.25, 0.3) is 0 Å². The van der Waals surface area contributed by atoms with Crippen LogP contribution in [0.3, 0.4) is 0 Å². The van der Waals surface area contributed by atoms with Crippen LogP contribution in [0.15, 0.2) is 47.4 Å². The Morgan fingerprint density at radius 2 is 1.48 bits per heavy atom. The maximum atomic E-state index is 13.3. The molecule has 1 aliphatic heterocycles. The molecule has 0 radical (unpaired) electrons. The van der Waals surface area contributed by atoms with E-state index in [1.165, 1.54) is 22.5 Å². The van der Waals surface area contributed by atoms with E-state index in [1.54, 1.807) is 0 Å². The van der Waals surface area contributed by atoms with Gasteiger partial charge in [0.1, 0.15) is 5.82 Å². The molecule has 0 aliphatic carbocycles. The average molecular weight is 370 g/mol. The van der Waals surface area contributed by atoms with Gasteiger partial charge in [-0.15, -0.1) is 0 Å². The van der Waals surface area contributed by atoms with Gasteiger partial charge >= 0.3 is 0 Å². The molecule has 3 rings (SSSR count). The summed E-state index contributed by atoms with van der Waals surface area (Å²) in [5.41, 5.74) is 0.633. The highest BCUT2D eigenvalue weighted by atomic mass is 32.2. The number of halogens is 3. The summed E-state index contributed by atoms with van der Waals surface area (Å²) in [6.45, 7) is 1.92. The van der Waals surface area contributed by atoms with Crippen molar-refractivity contribution in [2.45, 2.75) is 11.4 Å². The van der Waals surface area contributed by atoms with Crippen molar-refractivity contribution in [3.05, 3.63) is 65.5 Å². The fourth-order valence-corrected chi connectivity index (χ4v) is 4.20. The Bertz CT molecular complexity index is 849. The van der Waals surface area contributed by atoms with Gasteiger partial charge in [-0.2, -0.15) is 4.31 Å². The molecule has 0 N–H and O–H groups in total. The lowest BCUT2D eigenvalue weighted by Crippen LogP contribution is -2.48. The highest BCUT2D eigenvalue weighted by Crippen LogP contribution is 2.19. The summed E-state index contributed by atoms with van der Waals surface area (Å²) in [7, 11) is -3.66. The Kier molecular flexibility index (Phi) is 5.12. The Hall–Kier alpha value is -1.90. The van der Waals surface area contributed by atoms with Gasteiger partial charge in [0.25, 0.3) is 0 Å². The largest absolute Gasteiger partial charge is 0.296 e. The molecular weight excluding hydrogens is 353 g/mol. The molecule has 0 spiro atoms. The monoisotopic (exact) mass is 370 g/mol. The van der Waals surface area contributed by atoms with Gasteiger partial charge in [0, 0.05) is 32.7 Å². The number of hydrogen-bond donors (Lipinski definition) is 0. The van der Waals surface area contributed by atoms with E-state index < -0.39 is 27.5 Å². The zero-order valence-corrected chi connectivity index (χ0v) is 14.1. The first-order valence-electron chi connectivity index (χ1n) is 7.78. The summed E-state index contributed by atoms with van der Waals surface area (Å²) >= 11 is 0. The first-order valence-corrected chi connectivity index (χ1v) is 9.22. The highest BCUT2D eigenvalue weighted by Gasteiger charge is 2.28. The second kappa shape index (κ2) is 7.15. The van der Waals surface area contributed by atoms with Crippen molar-refractivity contribution in [1.82, 2.24) is 9.21 Å². The lowest BCUT2D eigenvalue weighted by Gasteiger charge is -2.34. The van der Waals surface area contributed by atoms with E-state index in [2.05, 4.69) is 0 Å². The molecule has 4 nitrogen and oxygen atoms in total. The molecule has 134 valence electrons. The molecule has 2 aromatic carbocycles. The Morgan fingerprint density at radius 3 is 2.08 bits per heavy atom. The van der Waals surface area contributed by atoms with Gasteiger partial charge in [-0.25, -0.2) is 21.6 Å². The average Bonchev–Trinajstić information content (AvgIpc) is 2.59. The van der Waals surface area contributed by atoms with Gasteiger partial charge < -0.3 is 0 Å². The summed E-state index contributed by atoms with van der Waals surface area (Å²) in [6.07, 6.45) is 0. The molecule has 1 heterocycles. The molecule has 0 aromatic heterocycles. The molecule has 0 saturated carbocycles. The number of sulfonamides is 1. The number of rotatable bonds is 4. The van der Waals surface area contributed by atoms with Gasteiger partial charge in [-0.05, 0) is 42.0 Å². The van der Waals surface area contributed by atoms with Crippen molar-refractivity contribution in [3.63, 3.8) is 0 Å². The fourth-order valence-electron chi connectivity index (χ4n) is 2.78. The summed E-state index contributed by atoms with van der Waals surface area (Å²) in [5, 5.41) is 0. The van der Waals surface area contributed by atoms with Crippen LogP contribution >= 0.6 is 0 Å². The summed E-state index contributed by atoms with van der Waals surface area (Å²) in [4.78, 5) is 2.03. The van der Waals surface area contributed by atoms with Crippen LogP contribution in [0.4, 0.5) is 13.2 Å². The van der Waals surface area contributed by atoms with E-state index >= 15 is 0 Å². The summed E-state index contributed by atoms with van der Waals surface area (Å²) in [6, 6.07) is 8.48. The van der Waals surface area contributed by atoms with Crippen LogP contribution in [-0.2, 0) is 16.6 Å². The van der Waals surface area contributed by atoms with Gasteiger partial charge in [0.2, 0.25) is 10.0 Å². The van der Waals surface area contributed by atoms with Crippen LogP contribution in [0, 0.1) is 17.5 Å². The molecule has 1 saturated heterocycles. The maximum Gasteiger partial charge on any atom is 0.243 e. The van der Waals surface area contributed by atoms with E-state index in [9.17, 15) is 21.6 Å². The van der Waals surface area contributed by atoms with Crippen molar-refractivity contribution in [2.24, 2.45) is 0 Å². The predicted octanol–water partition coefficient (Wildman–Crippen LogP) is 2.61. The number of hydrogen-bond acceptors (Lipinski definition) is 3. The minimum absolute atomic E-state index is 0.0583. The zero-order chi connectivity index (χ0) is 18.0. The first kappa shape index (κ1) is 17.9. The molecule has 0 bridgehead atoms. The molecule has 0 amide bonds. The van der Waals surface area contributed by atoms with E-state index in [1.807, 2.05) is 4.90 Å². The zero-order valence-electron chi connectivity index (χ0n) is 13.3. The van der Waals surface area contributed by atoms with E-state index in [0.717, 1.165) is 24.3 Å². The smallest absolute Gasteiger partial charge is 0.243 e. The SMILES string of the molecule is O=S(=O)(c1ccc(F)cc1)N1CCN(Cc2ccc(F)c(F)c2)CC1. The number of nitrogens with zero attached hydrogens (tertiary/aromatic N) is 2. The van der Waals surface area contributed by atoms with Crippen LogP contribution in [0.1, 0.15) is 5.56 Å². The normalized spacial score (nSPS) is 16.9. The number of benzene rings is 2. The maximum absolute atomic E-state index is 13.3. The van der Waals surface area contributed by atoms with Crippen molar-refractivity contribution in [3.8, 4) is 0 Å². The standard InChI is InChI=1S/C17H17F3N2O2S/c18-14-2-4-15(5-3-14)25(23,24)22-9-7-21(8-10-22)12-13-1-6-16(19)17(20)11-13/h1-6,11H,7-10,12H2. The van der Waals surface area contributed by atoms with E-state index in [0.29, 0.717) is 25.2 Å². The Morgan fingerprint density at radius 1 is 0.840 bits per heavy atom. The quantitative estimate of drug-likeness (QED) is 0.831. The molecule has 1 fully saturated rings.